The fraction of sp³-hybridized carbons (Fsp3) is 0.444. The average Bonchev–Trinajstić information content (AvgIpc) is 2.48. The van der Waals surface area contributed by atoms with Gasteiger partial charge in [0.25, 0.3) is 0 Å². The molecular formula is C18H23N3O. The van der Waals surface area contributed by atoms with Crippen molar-refractivity contribution in [1.82, 2.24) is 10.3 Å². The summed E-state index contributed by atoms with van der Waals surface area (Å²) in [6.45, 7) is 4.47. The van der Waals surface area contributed by atoms with Gasteiger partial charge < -0.3 is 10.6 Å². The van der Waals surface area contributed by atoms with Gasteiger partial charge in [0.2, 0.25) is 5.91 Å². The monoisotopic (exact) mass is 297 g/mol. The quantitative estimate of drug-likeness (QED) is 0.891. The van der Waals surface area contributed by atoms with Gasteiger partial charge in [0, 0.05) is 22.8 Å². The number of amides is 1. The van der Waals surface area contributed by atoms with Crippen LogP contribution in [0.5, 0.6) is 0 Å². The second kappa shape index (κ2) is 6.34. The SMILES string of the molecule is CCc1c(C)nc2ccccc2c1NCC(=O)NC1CCC1. The van der Waals surface area contributed by atoms with E-state index < -0.39 is 0 Å². The molecule has 2 N–H and O–H groups in total. The van der Waals surface area contributed by atoms with Crippen molar-refractivity contribution in [3.63, 3.8) is 0 Å². The number of pyridine rings is 1. The molecule has 1 amide bonds. The maximum Gasteiger partial charge on any atom is 0.239 e. The van der Waals surface area contributed by atoms with Crippen LogP contribution in [0.2, 0.25) is 0 Å². The Balaban J connectivity index is 1.83. The number of carbonyl (C=O) groups is 1. The van der Waals surface area contributed by atoms with E-state index in [0.29, 0.717) is 12.6 Å². The maximum absolute atomic E-state index is 12.1. The van der Waals surface area contributed by atoms with E-state index in [9.17, 15) is 4.79 Å². The number of aryl methyl sites for hydroxylation is 1. The molecule has 4 nitrogen and oxygen atoms in total. The Hall–Kier alpha value is -2.10. The van der Waals surface area contributed by atoms with E-state index in [4.69, 9.17) is 0 Å². The topological polar surface area (TPSA) is 54.0 Å². The summed E-state index contributed by atoms with van der Waals surface area (Å²) in [5.41, 5.74) is 4.24. The summed E-state index contributed by atoms with van der Waals surface area (Å²) in [5.74, 6) is 0.0744. The van der Waals surface area contributed by atoms with Crippen LogP contribution in [0.1, 0.15) is 37.4 Å². The molecule has 22 heavy (non-hydrogen) atoms. The van der Waals surface area contributed by atoms with Crippen molar-refractivity contribution < 1.29 is 4.79 Å². The van der Waals surface area contributed by atoms with E-state index in [1.807, 2.05) is 25.1 Å². The highest BCUT2D eigenvalue weighted by atomic mass is 16.2. The third kappa shape index (κ3) is 2.91. The summed E-state index contributed by atoms with van der Waals surface area (Å²) in [6, 6.07) is 8.47. The Morgan fingerprint density at radius 2 is 2.09 bits per heavy atom. The van der Waals surface area contributed by atoms with Gasteiger partial charge in [-0.3, -0.25) is 9.78 Å². The first-order valence-electron chi connectivity index (χ1n) is 8.10. The normalized spacial score (nSPS) is 14.6. The van der Waals surface area contributed by atoms with Gasteiger partial charge in [0.1, 0.15) is 0 Å². The number of hydrogen-bond donors (Lipinski definition) is 2. The second-order valence-corrected chi connectivity index (χ2v) is 5.97. The summed E-state index contributed by atoms with van der Waals surface area (Å²) in [4.78, 5) is 16.7. The number of carbonyl (C=O) groups excluding carboxylic acids is 1. The van der Waals surface area contributed by atoms with Gasteiger partial charge in [0.05, 0.1) is 12.1 Å². The molecule has 2 aromatic rings. The molecule has 1 aromatic carbocycles. The van der Waals surface area contributed by atoms with Crippen molar-refractivity contribution in [2.75, 3.05) is 11.9 Å². The second-order valence-electron chi connectivity index (χ2n) is 5.97. The van der Waals surface area contributed by atoms with Crippen molar-refractivity contribution in [2.24, 2.45) is 0 Å². The van der Waals surface area contributed by atoms with E-state index in [2.05, 4.69) is 28.6 Å². The first kappa shape index (κ1) is 14.8. The minimum atomic E-state index is 0.0744. The van der Waals surface area contributed by atoms with Crippen molar-refractivity contribution >= 4 is 22.5 Å². The molecule has 0 saturated heterocycles. The van der Waals surface area contributed by atoms with Gasteiger partial charge in [-0.2, -0.15) is 0 Å². The van der Waals surface area contributed by atoms with Gasteiger partial charge in [-0.05, 0) is 44.2 Å². The molecule has 0 spiro atoms. The van der Waals surface area contributed by atoms with Crippen LogP contribution in [0.25, 0.3) is 10.9 Å². The van der Waals surface area contributed by atoms with Crippen LogP contribution in [-0.2, 0) is 11.2 Å². The van der Waals surface area contributed by atoms with Crippen LogP contribution >= 0.6 is 0 Å². The van der Waals surface area contributed by atoms with Gasteiger partial charge >= 0.3 is 0 Å². The molecule has 4 heteroatoms. The molecule has 116 valence electrons. The van der Waals surface area contributed by atoms with Gasteiger partial charge in [-0.1, -0.05) is 25.1 Å². The molecule has 0 atom stereocenters. The molecule has 1 aliphatic rings. The molecule has 1 heterocycles. The molecule has 0 unspecified atom stereocenters. The predicted octanol–water partition coefficient (Wildman–Crippen LogP) is 3.19. The van der Waals surface area contributed by atoms with Crippen molar-refractivity contribution in [3.8, 4) is 0 Å². The number of aromatic nitrogens is 1. The Labute approximate surface area is 131 Å². The van der Waals surface area contributed by atoms with Crippen LogP contribution in [0.15, 0.2) is 24.3 Å². The third-order valence-corrected chi connectivity index (χ3v) is 4.45. The standard InChI is InChI=1S/C18H23N3O/c1-3-14-12(2)20-16-10-5-4-9-15(16)18(14)19-11-17(22)21-13-7-6-8-13/h4-5,9-10,13H,3,6-8,11H2,1-2H3,(H,19,20)(H,21,22). The highest BCUT2D eigenvalue weighted by Crippen LogP contribution is 2.28. The lowest BCUT2D eigenvalue weighted by Crippen LogP contribution is -2.42. The number of nitrogens with zero attached hydrogens (tertiary/aromatic N) is 1. The molecule has 0 aliphatic heterocycles. The molecule has 3 rings (SSSR count). The maximum atomic E-state index is 12.1. The molecule has 0 radical (unpaired) electrons. The van der Waals surface area contributed by atoms with E-state index >= 15 is 0 Å². The number of fused-ring (bicyclic) bond motifs is 1. The Morgan fingerprint density at radius 3 is 2.77 bits per heavy atom. The van der Waals surface area contributed by atoms with E-state index in [0.717, 1.165) is 41.5 Å². The molecule has 0 bridgehead atoms. The third-order valence-electron chi connectivity index (χ3n) is 4.45. The lowest BCUT2D eigenvalue weighted by molar-refractivity contribution is -0.120. The number of anilines is 1. The van der Waals surface area contributed by atoms with Gasteiger partial charge in [-0.25, -0.2) is 0 Å². The average molecular weight is 297 g/mol. The Bertz CT molecular complexity index is 692. The highest BCUT2D eigenvalue weighted by Gasteiger charge is 2.19. The summed E-state index contributed by atoms with van der Waals surface area (Å²) >= 11 is 0. The van der Waals surface area contributed by atoms with E-state index in [-0.39, 0.29) is 5.91 Å². The van der Waals surface area contributed by atoms with Crippen LogP contribution in [-0.4, -0.2) is 23.5 Å². The Kier molecular flexibility index (Phi) is 4.27. The number of para-hydroxylation sites is 1. The predicted molar refractivity (Wildman–Crippen MR) is 90.1 cm³/mol. The fourth-order valence-electron chi connectivity index (χ4n) is 3.01. The van der Waals surface area contributed by atoms with Crippen LogP contribution in [0.4, 0.5) is 5.69 Å². The largest absolute Gasteiger partial charge is 0.375 e. The van der Waals surface area contributed by atoms with Gasteiger partial charge in [0.15, 0.2) is 0 Å². The zero-order chi connectivity index (χ0) is 15.5. The molecule has 1 aliphatic carbocycles. The van der Waals surface area contributed by atoms with Crippen LogP contribution in [0, 0.1) is 6.92 Å². The van der Waals surface area contributed by atoms with Crippen molar-refractivity contribution in [1.29, 1.82) is 0 Å². The fourth-order valence-corrected chi connectivity index (χ4v) is 3.01. The number of rotatable bonds is 5. The van der Waals surface area contributed by atoms with Crippen molar-refractivity contribution in [2.45, 2.75) is 45.6 Å². The van der Waals surface area contributed by atoms with E-state index in [1.54, 1.807) is 0 Å². The lowest BCUT2D eigenvalue weighted by Gasteiger charge is -2.26. The van der Waals surface area contributed by atoms with E-state index in [1.165, 1.54) is 12.0 Å². The lowest BCUT2D eigenvalue weighted by atomic mass is 9.93. The van der Waals surface area contributed by atoms with Gasteiger partial charge in [-0.15, -0.1) is 0 Å². The first-order chi connectivity index (χ1) is 10.7. The summed E-state index contributed by atoms with van der Waals surface area (Å²) in [7, 11) is 0. The molecule has 1 saturated carbocycles. The summed E-state index contributed by atoms with van der Waals surface area (Å²) < 4.78 is 0. The summed E-state index contributed by atoms with van der Waals surface area (Å²) in [6.07, 6.45) is 4.36. The zero-order valence-corrected chi connectivity index (χ0v) is 13.3. The molecular weight excluding hydrogens is 274 g/mol. The van der Waals surface area contributed by atoms with Crippen LogP contribution < -0.4 is 10.6 Å². The minimum Gasteiger partial charge on any atom is -0.375 e. The number of hydrogen-bond acceptors (Lipinski definition) is 3. The molecule has 1 aromatic heterocycles. The highest BCUT2D eigenvalue weighted by molar-refractivity contribution is 5.95. The van der Waals surface area contributed by atoms with Crippen molar-refractivity contribution in [3.05, 3.63) is 35.5 Å². The molecule has 1 fully saturated rings. The summed E-state index contributed by atoms with van der Waals surface area (Å²) in [5, 5.41) is 7.50. The number of benzene rings is 1. The first-order valence-corrected chi connectivity index (χ1v) is 8.10. The zero-order valence-electron chi connectivity index (χ0n) is 13.3. The Morgan fingerprint density at radius 1 is 1.32 bits per heavy atom. The minimum absolute atomic E-state index is 0.0744. The smallest absolute Gasteiger partial charge is 0.239 e. The number of nitrogens with one attached hydrogen (secondary N) is 2. The van der Waals surface area contributed by atoms with Crippen LogP contribution in [0.3, 0.4) is 0 Å².